The van der Waals surface area contributed by atoms with Gasteiger partial charge in [-0.1, -0.05) is 0 Å². The normalized spacial score (nSPS) is 9.72. The van der Waals surface area contributed by atoms with Gasteiger partial charge in [-0.05, 0) is 0 Å². The zero-order valence-corrected chi connectivity index (χ0v) is 10.0. The fourth-order valence-electron chi connectivity index (χ4n) is 1.36. The fourth-order valence-corrected chi connectivity index (χ4v) is 1.36. The number of anilines is 1. The molecule has 0 aromatic heterocycles. The summed E-state index contributed by atoms with van der Waals surface area (Å²) < 4.78 is 10.0. The van der Waals surface area contributed by atoms with E-state index in [1.807, 2.05) is 0 Å². The second-order valence-corrected chi connectivity index (χ2v) is 3.31. The van der Waals surface area contributed by atoms with E-state index in [0.717, 1.165) is 0 Å². The van der Waals surface area contributed by atoms with Gasteiger partial charge in [0.05, 0.1) is 32.0 Å². The van der Waals surface area contributed by atoms with Crippen molar-refractivity contribution in [1.29, 1.82) is 0 Å². The predicted octanol–water partition coefficient (Wildman–Crippen LogP) is 0.299. The Kier molecular flexibility index (Phi) is 4.50. The highest BCUT2D eigenvalue weighted by atomic mass is 16.5. The zero-order chi connectivity index (χ0) is 13.7. The second-order valence-electron chi connectivity index (χ2n) is 3.31. The van der Waals surface area contributed by atoms with Gasteiger partial charge in [-0.3, -0.25) is 4.79 Å². The third-order valence-corrected chi connectivity index (χ3v) is 2.21. The molecule has 1 aromatic rings. The van der Waals surface area contributed by atoms with Gasteiger partial charge in [-0.15, -0.1) is 0 Å². The maximum Gasteiger partial charge on any atom is 0.337 e. The van der Waals surface area contributed by atoms with Crippen LogP contribution in [0.25, 0.3) is 0 Å². The number of aromatic carboxylic acids is 1. The topological polar surface area (TPSA) is 111 Å². The van der Waals surface area contributed by atoms with Crippen molar-refractivity contribution in [3.63, 3.8) is 0 Å². The van der Waals surface area contributed by atoms with Crippen molar-refractivity contribution < 1.29 is 24.2 Å². The lowest BCUT2D eigenvalue weighted by Gasteiger charge is -2.13. The summed E-state index contributed by atoms with van der Waals surface area (Å²) in [6, 6.07) is 2.64. The summed E-state index contributed by atoms with van der Waals surface area (Å²) in [7, 11) is 2.80. The zero-order valence-electron chi connectivity index (χ0n) is 10.0. The van der Waals surface area contributed by atoms with Crippen molar-refractivity contribution in [3.8, 4) is 11.5 Å². The maximum absolute atomic E-state index is 11.2. The number of nitrogens with two attached hydrogens (primary N) is 1. The monoisotopic (exact) mass is 254 g/mol. The Morgan fingerprint density at radius 3 is 2.28 bits per heavy atom. The Morgan fingerprint density at radius 2 is 1.83 bits per heavy atom. The highest BCUT2D eigenvalue weighted by Gasteiger charge is 2.17. The van der Waals surface area contributed by atoms with Gasteiger partial charge >= 0.3 is 5.97 Å². The molecule has 0 fully saturated rings. The minimum atomic E-state index is -1.19. The van der Waals surface area contributed by atoms with E-state index in [0.29, 0.717) is 5.75 Å². The highest BCUT2D eigenvalue weighted by Crippen LogP contribution is 2.33. The Labute approximate surface area is 103 Å². The number of hydrogen-bond donors (Lipinski definition) is 3. The van der Waals surface area contributed by atoms with Crippen molar-refractivity contribution in [2.24, 2.45) is 5.73 Å². The first-order valence-electron chi connectivity index (χ1n) is 5.02. The summed E-state index contributed by atoms with van der Waals surface area (Å²) in [6.07, 6.45) is 0. The van der Waals surface area contributed by atoms with E-state index >= 15 is 0 Å². The maximum atomic E-state index is 11.2. The van der Waals surface area contributed by atoms with E-state index in [1.54, 1.807) is 0 Å². The van der Waals surface area contributed by atoms with Crippen molar-refractivity contribution in [3.05, 3.63) is 17.7 Å². The van der Waals surface area contributed by atoms with Crippen LogP contribution in [-0.4, -0.2) is 37.7 Å². The van der Waals surface area contributed by atoms with Gasteiger partial charge in [0.25, 0.3) is 0 Å². The van der Waals surface area contributed by atoms with Crippen LogP contribution >= 0.6 is 0 Å². The summed E-state index contributed by atoms with van der Waals surface area (Å²) in [5.74, 6) is -1.11. The van der Waals surface area contributed by atoms with Crippen LogP contribution in [0.1, 0.15) is 10.4 Å². The lowest BCUT2D eigenvalue weighted by molar-refractivity contribution is -0.114. The van der Waals surface area contributed by atoms with Crippen LogP contribution in [0.2, 0.25) is 0 Å². The molecular weight excluding hydrogens is 240 g/mol. The van der Waals surface area contributed by atoms with Crippen molar-refractivity contribution >= 4 is 17.6 Å². The number of carbonyl (C=O) groups is 2. The quantitative estimate of drug-likeness (QED) is 0.696. The molecule has 1 aromatic carbocycles. The molecule has 0 aliphatic rings. The summed E-state index contributed by atoms with van der Waals surface area (Å²) in [5.41, 5.74) is 5.16. The molecule has 1 rings (SSSR count). The number of amides is 1. The van der Waals surface area contributed by atoms with Gasteiger partial charge in [0.2, 0.25) is 5.91 Å². The summed E-state index contributed by atoms with van der Waals surface area (Å²) >= 11 is 0. The van der Waals surface area contributed by atoms with Crippen LogP contribution in [0.4, 0.5) is 5.69 Å². The molecule has 0 bridgehead atoms. The van der Waals surface area contributed by atoms with Crippen LogP contribution in [0, 0.1) is 0 Å². The third kappa shape index (κ3) is 2.89. The number of carboxylic acids is 1. The first kappa shape index (κ1) is 13.8. The van der Waals surface area contributed by atoms with Gasteiger partial charge < -0.3 is 25.6 Å². The van der Waals surface area contributed by atoms with E-state index in [4.69, 9.17) is 20.3 Å². The number of carboxylic acid groups (broad SMARTS) is 1. The minimum absolute atomic E-state index is 0.102. The molecule has 0 saturated carbocycles. The molecule has 0 aliphatic heterocycles. The Hall–Kier alpha value is -2.28. The molecule has 0 heterocycles. The van der Waals surface area contributed by atoms with Crippen molar-refractivity contribution in [2.45, 2.75) is 0 Å². The van der Waals surface area contributed by atoms with Crippen molar-refractivity contribution in [2.75, 3.05) is 26.1 Å². The Balaban J connectivity index is 3.28. The smallest absolute Gasteiger partial charge is 0.337 e. The van der Waals surface area contributed by atoms with Crippen LogP contribution < -0.4 is 20.5 Å². The summed E-state index contributed by atoms with van der Waals surface area (Å²) in [4.78, 5) is 22.3. The molecule has 1 amide bonds. The minimum Gasteiger partial charge on any atom is -0.493 e. The largest absolute Gasteiger partial charge is 0.493 e. The molecular formula is C11H14N2O5. The second kappa shape index (κ2) is 5.87. The SMILES string of the molecule is COc1cc(NC(=O)CN)c(C(=O)O)cc1OC. The summed E-state index contributed by atoms with van der Waals surface area (Å²) in [6.45, 7) is -0.243. The first-order chi connectivity index (χ1) is 8.53. The third-order valence-electron chi connectivity index (χ3n) is 2.21. The van der Waals surface area contributed by atoms with Gasteiger partial charge in [0.1, 0.15) is 0 Å². The van der Waals surface area contributed by atoms with Crippen LogP contribution in [0.3, 0.4) is 0 Å². The number of rotatable bonds is 5. The molecule has 0 radical (unpaired) electrons. The summed E-state index contributed by atoms with van der Waals surface area (Å²) in [5, 5.41) is 11.4. The molecule has 18 heavy (non-hydrogen) atoms. The molecule has 0 aliphatic carbocycles. The number of carbonyl (C=O) groups excluding carboxylic acids is 1. The van der Waals surface area contributed by atoms with E-state index in [2.05, 4.69) is 5.32 Å². The average molecular weight is 254 g/mol. The fraction of sp³-hybridized carbons (Fsp3) is 0.273. The predicted molar refractivity (Wildman–Crippen MR) is 64.2 cm³/mol. The van der Waals surface area contributed by atoms with Gasteiger partial charge in [-0.25, -0.2) is 4.79 Å². The number of nitrogens with one attached hydrogen (secondary N) is 1. The van der Waals surface area contributed by atoms with Crippen LogP contribution in [0.15, 0.2) is 12.1 Å². The number of hydrogen-bond acceptors (Lipinski definition) is 5. The number of benzene rings is 1. The molecule has 7 heteroatoms. The lowest BCUT2D eigenvalue weighted by Crippen LogP contribution is -2.23. The standard InChI is InChI=1S/C11H14N2O5/c1-17-8-3-6(11(15)16)7(4-9(8)18-2)13-10(14)5-12/h3-4H,5,12H2,1-2H3,(H,13,14)(H,15,16). The molecule has 0 spiro atoms. The average Bonchev–Trinajstić information content (AvgIpc) is 2.37. The van der Waals surface area contributed by atoms with Gasteiger partial charge in [0.15, 0.2) is 11.5 Å². The Morgan fingerprint density at radius 1 is 1.28 bits per heavy atom. The molecule has 0 saturated heterocycles. The van der Waals surface area contributed by atoms with E-state index in [-0.39, 0.29) is 23.5 Å². The van der Waals surface area contributed by atoms with E-state index in [1.165, 1.54) is 26.4 Å². The molecule has 0 unspecified atom stereocenters. The number of ether oxygens (including phenoxy) is 2. The van der Waals surface area contributed by atoms with Crippen molar-refractivity contribution in [1.82, 2.24) is 0 Å². The molecule has 4 N–H and O–H groups in total. The lowest BCUT2D eigenvalue weighted by atomic mass is 10.1. The van der Waals surface area contributed by atoms with Crippen LogP contribution in [0.5, 0.6) is 11.5 Å². The number of methoxy groups -OCH3 is 2. The van der Waals surface area contributed by atoms with E-state index in [9.17, 15) is 9.59 Å². The highest BCUT2D eigenvalue weighted by molar-refractivity contribution is 6.01. The molecule has 0 atom stereocenters. The van der Waals surface area contributed by atoms with Crippen LogP contribution in [-0.2, 0) is 4.79 Å². The molecule has 7 nitrogen and oxygen atoms in total. The van der Waals surface area contributed by atoms with Gasteiger partial charge in [-0.2, -0.15) is 0 Å². The Bertz CT molecular complexity index is 473. The van der Waals surface area contributed by atoms with Gasteiger partial charge in [0, 0.05) is 12.1 Å². The van der Waals surface area contributed by atoms with E-state index < -0.39 is 11.9 Å². The molecule has 98 valence electrons. The first-order valence-corrected chi connectivity index (χ1v) is 5.02.